The van der Waals surface area contributed by atoms with Crippen molar-refractivity contribution in [3.63, 3.8) is 0 Å². The molecule has 0 aliphatic carbocycles. The van der Waals surface area contributed by atoms with Crippen molar-refractivity contribution in [3.05, 3.63) is 64.6 Å². The summed E-state index contributed by atoms with van der Waals surface area (Å²) in [5.74, 6) is 0.507. The highest BCUT2D eigenvalue weighted by atomic mass is 79.9. The van der Waals surface area contributed by atoms with Crippen LogP contribution in [0.15, 0.2) is 68.3 Å². The molecule has 0 unspecified atom stereocenters. The lowest BCUT2D eigenvalue weighted by Crippen LogP contribution is -2.08. The lowest BCUT2D eigenvalue weighted by Gasteiger charge is -2.03. The first kappa shape index (κ1) is 20.3. The minimum atomic E-state index is -3.29. The number of hydrogen-bond donors (Lipinski definition) is 1. The number of benzene rings is 2. The Morgan fingerprint density at radius 3 is 2.52 bits per heavy atom. The highest BCUT2D eigenvalue weighted by Crippen LogP contribution is 2.26. The van der Waals surface area contributed by atoms with Crippen LogP contribution < -0.4 is 5.32 Å². The van der Waals surface area contributed by atoms with Crippen LogP contribution in [0.2, 0.25) is 0 Å². The van der Waals surface area contributed by atoms with Gasteiger partial charge in [-0.2, -0.15) is 0 Å². The quantitative estimate of drug-likeness (QED) is 0.451. The zero-order valence-electron chi connectivity index (χ0n) is 14.3. The van der Waals surface area contributed by atoms with E-state index in [9.17, 15) is 8.42 Å². The predicted molar refractivity (Wildman–Crippen MR) is 115 cm³/mol. The third kappa shape index (κ3) is 6.31. The maximum atomic E-state index is 12.3. The summed E-state index contributed by atoms with van der Waals surface area (Å²) >= 11 is 6.17. The molecule has 0 radical (unpaired) electrons. The van der Waals surface area contributed by atoms with E-state index in [0.29, 0.717) is 10.6 Å². The third-order valence-corrected chi connectivity index (χ3v) is 8.22. The van der Waals surface area contributed by atoms with Crippen LogP contribution in [-0.2, 0) is 16.3 Å². The molecule has 5 nitrogen and oxygen atoms in total. The van der Waals surface area contributed by atoms with Gasteiger partial charge in [0.15, 0.2) is 14.2 Å². The summed E-state index contributed by atoms with van der Waals surface area (Å²) in [7, 11) is -3.29. The van der Waals surface area contributed by atoms with Gasteiger partial charge in [0.2, 0.25) is 5.13 Å². The maximum absolute atomic E-state index is 12.3. The lowest BCUT2D eigenvalue weighted by molar-refractivity contribution is 0.597. The van der Waals surface area contributed by atoms with Gasteiger partial charge in [0.25, 0.3) is 0 Å². The average Bonchev–Trinajstić information content (AvgIpc) is 3.10. The first-order valence-corrected chi connectivity index (χ1v) is 12.5. The largest absolute Gasteiger partial charge is 0.360 e. The van der Waals surface area contributed by atoms with Crippen LogP contribution in [-0.4, -0.2) is 36.7 Å². The van der Waals surface area contributed by atoms with E-state index < -0.39 is 9.84 Å². The Kier molecular flexibility index (Phi) is 7.28. The molecule has 0 atom stereocenters. The first-order chi connectivity index (χ1) is 13.0. The molecule has 0 bridgehead atoms. The molecule has 0 aliphatic heterocycles. The summed E-state index contributed by atoms with van der Waals surface area (Å²) < 4.78 is 26.3. The van der Waals surface area contributed by atoms with Crippen molar-refractivity contribution < 1.29 is 8.42 Å². The van der Waals surface area contributed by atoms with Crippen LogP contribution >= 0.6 is 39.0 Å². The van der Waals surface area contributed by atoms with Gasteiger partial charge in [-0.3, -0.25) is 0 Å². The molecule has 0 saturated heterocycles. The number of nitrogens with one attached hydrogen (secondary N) is 1. The van der Waals surface area contributed by atoms with E-state index in [1.807, 2.05) is 18.2 Å². The number of rotatable bonds is 9. The molecule has 1 N–H and O–H groups in total. The number of nitrogens with zero attached hydrogens (tertiary/aromatic N) is 2. The van der Waals surface area contributed by atoms with Gasteiger partial charge in [-0.05, 0) is 36.2 Å². The van der Waals surface area contributed by atoms with Crippen molar-refractivity contribution >= 4 is 54.0 Å². The fourth-order valence-electron chi connectivity index (χ4n) is 2.30. The van der Waals surface area contributed by atoms with E-state index in [1.54, 1.807) is 24.3 Å². The monoisotopic (exact) mass is 483 g/mol. The van der Waals surface area contributed by atoms with E-state index in [0.717, 1.165) is 26.9 Å². The zero-order chi connectivity index (χ0) is 19.1. The van der Waals surface area contributed by atoms with Gasteiger partial charge in [-0.15, -0.1) is 10.2 Å². The second-order valence-electron chi connectivity index (χ2n) is 5.66. The minimum absolute atomic E-state index is 0.0651. The van der Waals surface area contributed by atoms with Gasteiger partial charge in [-0.1, -0.05) is 69.4 Å². The van der Waals surface area contributed by atoms with E-state index in [4.69, 9.17) is 0 Å². The molecule has 0 aliphatic rings. The Balaban J connectivity index is 1.44. The molecule has 3 rings (SSSR count). The Labute approximate surface area is 175 Å². The first-order valence-electron chi connectivity index (χ1n) is 8.25. The molecule has 0 amide bonds. The van der Waals surface area contributed by atoms with Gasteiger partial charge in [0, 0.05) is 16.8 Å². The molecule has 0 fully saturated rings. The number of halogens is 1. The summed E-state index contributed by atoms with van der Waals surface area (Å²) in [6.45, 7) is 0.779. The number of thioether (sulfide) groups is 1. The molecule has 1 heterocycles. The maximum Gasteiger partial charge on any atom is 0.206 e. The highest BCUT2D eigenvalue weighted by Gasteiger charge is 2.15. The summed E-state index contributed by atoms with van der Waals surface area (Å²) in [5, 5.41) is 12.2. The molecular weight excluding hydrogens is 466 g/mol. The van der Waals surface area contributed by atoms with Crippen molar-refractivity contribution in [2.75, 3.05) is 23.4 Å². The fraction of sp³-hybridized carbons (Fsp3) is 0.222. The van der Waals surface area contributed by atoms with E-state index in [2.05, 4.69) is 43.6 Å². The van der Waals surface area contributed by atoms with Crippen molar-refractivity contribution in [3.8, 4) is 0 Å². The van der Waals surface area contributed by atoms with Crippen LogP contribution in [0.25, 0.3) is 0 Å². The topological polar surface area (TPSA) is 72.0 Å². The number of aromatic nitrogens is 2. The smallest absolute Gasteiger partial charge is 0.206 e. The lowest BCUT2D eigenvalue weighted by atomic mass is 10.2. The average molecular weight is 484 g/mol. The van der Waals surface area contributed by atoms with Crippen molar-refractivity contribution in [1.82, 2.24) is 10.2 Å². The molecule has 3 aromatic rings. The Hall–Kier alpha value is -1.42. The van der Waals surface area contributed by atoms with Gasteiger partial charge >= 0.3 is 0 Å². The van der Waals surface area contributed by atoms with Gasteiger partial charge in [0.1, 0.15) is 0 Å². The standard InChI is InChI=1S/C18H18BrN3O2S3/c19-15-6-8-16(9-7-15)27(23,24)13-12-25-18-22-21-17(26-18)20-11-10-14-4-2-1-3-5-14/h1-9H,10-13H2,(H,20,21). The normalized spacial score (nSPS) is 11.4. The molecule has 2 aromatic carbocycles. The zero-order valence-corrected chi connectivity index (χ0v) is 18.4. The Morgan fingerprint density at radius 1 is 1.04 bits per heavy atom. The van der Waals surface area contributed by atoms with Crippen LogP contribution in [0.4, 0.5) is 5.13 Å². The second-order valence-corrected chi connectivity index (χ2v) is 11.0. The summed E-state index contributed by atoms with van der Waals surface area (Å²) in [5.41, 5.74) is 1.27. The molecule has 0 saturated carbocycles. The third-order valence-electron chi connectivity index (χ3n) is 3.69. The van der Waals surface area contributed by atoms with Gasteiger partial charge in [-0.25, -0.2) is 8.42 Å². The van der Waals surface area contributed by atoms with Crippen molar-refractivity contribution in [2.45, 2.75) is 15.7 Å². The minimum Gasteiger partial charge on any atom is -0.360 e. The van der Waals surface area contributed by atoms with Crippen LogP contribution in [0, 0.1) is 0 Å². The van der Waals surface area contributed by atoms with E-state index in [-0.39, 0.29) is 5.75 Å². The molecule has 142 valence electrons. The molecule has 1 aromatic heterocycles. The highest BCUT2D eigenvalue weighted by molar-refractivity contribution is 9.10. The van der Waals surface area contributed by atoms with Gasteiger partial charge in [0.05, 0.1) is 10.6 Å². The predicted octanol–water partition coefficient (Wildman–Crippen LogP) is 4.52. The van der Waals surface area contributed by atoms with E-state index >= 15 is 0 Å². The van der Waals surface area contributed by atoms with Crippen molar-refractivity contribution in [2.24, 2.45) is 0 Å². The van der Waals surface area contributed by atoms with Crippen molar-refractivity contribution in [1.29, 1.82) is 0 Å². The van der Waals surface area contributed by atoms with Crippen LogP contribution in [0.5, 0.6) is 0 Å². The number of sulfone groups is 1. The number of anilines is 1. The Morgan fingerprint density at radius 2 is 1.78 bits per heavy atom. The number of hydrogen-bond acceptors (Lipinski definition) is 7. The van der Waals surface area contributed by atoms with Crippen LogP contribution in [0.3, 0.4) is 0 Å². The molecule has 0 spiro atoms. The van der Waals surface area contributed by atoms with Crippen LogP contribution in [0.1, 0.15) is 5.56 Å². The molecule has 27 heavy (non-hydrogen) atoms. The second kappa shape index (κ2) is 9.68. The SMILES string of the molecule is O=S(=O)(CCSc1nnc(NCCc2ccccc2)s1)c1ccc(Br)cc1. The fourth-order valence-corrected chi connectivity index (χ4v) is 6.06. The molecule has 9 heteroatoms. The summed E-state index contributed by atoms with van der Waals surface area (Å²) in [6.07, 6.45) is 0.911. The molecular formula is C18H18BrN3O2S3. The summed E-state index contributed by atoms with van der Waals surface area (Å²) in [6, 6.07) is 16.9. The Bertz CT molecular complexity index is 961. The van der Waals surface area contributed by atoms with Gasteiger partial charge < -0.3 is 5.32 Å². The summed E-state index contributed by atoms with van der Waals surface area (Å²) in [4.78, 5) is 0.340. The van der Waals surface area contributed by atoms with E-state index in [1.165, 1.54) is 28.7 Å².